The van der Waals surface area contributed by atoms with E-state index in [2.05, 4.69) is 15.2 Å². The van der Waals surface area contributed by atoms with Crippen molar-refractivity contribution < 1.29 is 19.2 Å². The fourth-order valence-electron chi connectivity index (χ4n) is 4.64. The number of hydrogen-bond acceptors (Lipinski definition) is 8. The number of hydrogen-bond donors (Lipinski definition) is 1. The molecule has 11 nitrogen and oxygen atoms in total. The van der Waals surface area contributed by atoms with E-state index in [-0.39, 0.29) is 34.4 Å². The van der Waals surface area contributed by atoms with Gasteiger partial charge in [0.2, 0.25) is 5.82 Å². The molecule has 2 aliphatic rings. The van der Waals surface area contributed by atoms with Gasteiger partial charge in [0, 0.05) is 49.8 Å². The number of nitrogens with one attached hydrogen (secondary N) is 1. The second kappa shape index (κ2) is 11.3. The Labute approximate surface area is 234 Å². The summed E-state index contributed by atoms with van der Waals surface area (Å²) in [5.41, 5.74) is 1.83. The van der Waals surface area contributed by atoms with Crippen molar-refractivity contribution >= 4 is 58.1 Å². The van der Waals surface area contributed by atoms with Crippen molar-refractivity contribution in [3.05, 3.63) is 86.5 Å². The number of ether oxygens (including phenoxy) is 1. The molecule has 2 aromatic carbocycles. The number of amides is 2. The average molecular weight is 571 g/mol. The minimum Gasteiger partial charge on any atom is -0.442 e. The van der Waals surface area contributed by atoms with Crippen molar-refractivity contribution in [2.75, 3.05) is 54.0 Å². The molecule has 0 saturated carbocycles. The third-order valence-electron chi connectivity index (χ3n) is 6.62. The monoisotopic (exact) mass is 570 g/mol. The number of benzene rings is 2. The zero-order valence-corrected chi connectivity index (χ0v) is 22.1. The van der Waals surface area contributed by atoms with Gasteiger partial charge in [-0.1, -0.05) is 29.3 Å². The highest BCUT2D eigenvalue weighted by Gasteiger charge is 2.33. The third-order valence-corrected chi connectivity index (χ3v) is 7.25. The van der Waals surface area contributed by atoms with E-state index in [1.807, 2.05) is 29.2 Å². The maximum Gasteiger partial charge on any atom is 0.414 e. The van der Waals surface area contributed by atoms with Gasteiger partial charge < -0.3 is 19.9 Å². The molecule has 2 fully saturated rings. The van der Waals surface area contributed by atoms with Crippen molar-refractivity contribution in [3.63, 3.8) is 0 Å². The van der Waals surface area contributed by atoms with Crippen LogP contribution < -0.4 is 20.0 Å². The second-order valence-corrected chi connectivity index (χ2v) is 9.83. The van der Waals surface area contributed by atoms with Crippen LogP contribution >= 0.6 is 23.2 Å². The molecule has 2 saturated heterocycles. The molecule has 39 heavy (non-hydrogen) atoms. The first-order chi connectivity index (χ1) is 18.8. The van der Waals surface area contributed by atoms with Gasteiger partial charge in [0.1, 0.15) is 6.10 Å². The Balaban J connectivity index is 1.16. The molecule has 1 atom stereocenters. The molecule has 5 rings (SSSR count). The summed E-state index contributed by atoms with van der Waals surface area (Å²) in [6, 6.07) is 15.4. The number of piperazine rings is 1. The number of halogens is 2. The van der Waals surface area contributed by atoms with Crippen LogP contribution in [0, 0.1) is 10.1 Å². The van der Waals surface area contributed by atoms with Crippen LogP contribution in [-0.4, -0.2) is 67.3 Å². The van der Waals surface area contributed by atoms with E-state index in [1.165, 1.54) is 11.0 Å². The number of aromatic nitrogens is 1. The van der Waals surface area contributed by atoms with Crippen LogP contribution in [0.1, 0.15) is 10.4 Å². The minimum absolute atomic E-state index is 0.00154. The number of cyclic esters (lactones) is 1. The van der Waals surface area contributed by atoms with Crippen LogP contribution in [0.5, 0.6) is 0 Å². The maximum atomic E-state index is 12.5. The fraction of sp³-hybridized carbons (Fsp3) is 0.269. The van der Waals surface area contributed by atoms with Gasteiger partial charge in [-0.2, -0.15) is 0 Å². The molecule has 0 radical (unpaired) electrons. The number of rotatable bonds is 7. The molecule has 2 aliphatic heterocycles. The van der Waals surface area contributed by atoms with E-state index in [1.54, 1.807) is 30.5 Å². The highest BCUT2D eigenvalue weighted by Crippen LogP contribution is 2.29. The Morgan fingerprint density at radius 1 is 1.00 bits per heavy atom. The Bertz CT molecular complexity index is 1380. The lowest BCUT2D eigenvalue weighted by atomic mass is 10.2. The molecule has 1 unspecified atom stereocenters. The summed E-state index contributed by atoms with van der Waals surface area (Å²) in [5, 5.41) is 14.6. The highest BCUT2D eigenvalue weighted by atomic mass is 35.5. The van der Waals surface area contributed by atoms with Crippen LogP contribution in [0.25, 0.3) is 0 Å². The first kappa shape index (κ1) is 26.5. The first-order valence-electron chi connectivity index (χ1n) is 12.2. The molecule has 1 aromatic heterocycles. The molecule has 13 heteroatoms. The van der Waals surface area contributed by atoms with Gasteiger partial charge in [-0.05, 0) is 42.5 Å². The number of pyridine rings is 1. The smallest absolute Gasteiger partial charge is 0.414 e. The Morgan fingerprint density at radius 3 is 2.31 bits per heavy atom. The molecule has 2 amide bonds. The van der Waals surface area contributed by atoms with Crippen LogP contribution in [-0.2, 0) is 4.74 Å². The first-order valence-corrected chi connectivity index (χ1v) is 13.0. The Morgan fingerprint density at radius 2 is 1.64 bits per heavy atom. The normalized spacial score (nSPS) is 17.2. The number of anilines is 3. The van der Waals surface area contributed by atoms with Crippen molar-refractivity contribution in [1.29, 1.82) is 0 Å². The van der Waals surface area contributed by atoms with Gasteiger partial charge in [-0.3, -0.25) is 19.8 Å². The lowest BCUT2D eigenvalue weighted by Crippen LogP contribution is -2.47. The quantitative estimate of drug-likeness (QED) is 0.328. The molecule has 3 heterocycles. The van der Waals surface area contributed by atoms with Gasteiger partial charge in [0.15, 0.2) is 0 Å². The molecule has 1 N–H and O–H groups in total. The summed E-state index contributed by atoms with van der Waals surface area (Å²) in [7, 11) is 0. The van der Waals surface area contributed by atoms with Crippen molar-refractivity contribution in [2.24, 2.45) is 0 Å². The molecule has 202 valence electrons. The van der Waals surface area contributed by atoms with Crippen LogP contribution in [0.2, 0.25) is 10.0 Å². The van der Waals surface area contributed by atoms with E-state index < -0.39 is 23.0 Å². The molecule has 0 aliphatic carbocycles. The minimum atomic E-state index is -0.536. The Kier molecular flexibility index (Phi) is 7.71. The number of nitro groups is 1. The zero-order chi connectivity index (χ0) is 27.5. The predicted octanol–water partition coefficient (Wildman–Crippen LogP) is 4.38. The van der Waals surface area contributed by atoms with E-state index in [0.29, 0.717) is 37.7 Å². The number of carbonyl (C=O) groups is 2. The summed E-state index contributed by atoms with van der Waals surface area (Å²) < 4.78 is 5.44. The lowest BCUT2D eigenvalue weighted by molar-refractivity contribution is -0.384. The van der Waals surface area contributed by atoms with E-state index in [4.69, 9.17) is 27.9 Å². The summed E-state index contributed by atoms with van der Waals surface area (Å²) in [4.78, 5) is 45.8. The molecular formula is C26H24Cl2N6O5. The predicted molar refractivity (Wildman–Crippen MR) is 148 cm³/mol. The van der Waals surface area contributed by atoms with E-state index >= 15 is 0 Å². The summed E-state index contributed by atoms with van der Waals surface area (Å²) in [6.45, 7) is 2.89. The SMILES string of the molecule is O=C(NCC1CN(c2ccc(N3CCN(c4ncccc4[N+](=O)[O-])CC3)cc2)C(=O)O1)c1c(Cl)cccc1Cl. The van der Waals surface area contributed by atoms with Crippen LogP contribution in [0.3, 0.4) is 0 Å². The maximum absolute atomic E-state index is 12.5. The second-order valence-electron chi connectivity index (χ2n) is 9.02. The van der Waals surface area contributed by atoms with Crippen LogP contribution in [0.4, 0.5) is 27.7 Å². The van der Waals surface area contributed by atoms with E-state index in [0.717, 1.165) is 5.69 Å². The van der Waals surface area contributed by atoms with Gasteiger partial charge in [-0.15, -0.1) is 0 Å². The zero-order valence-electron chi connectivity index (χ0n) is 20.6. The van der Waals surface area contributed by atoms with Gasteiger partial charge >= 0.3 is 11.8 Å². The highest BCUT2D eigenvalue weighted by molar-refractivity contribution is 6.39. The molecular weight excluding hydrogens is 547 g/mol. The van der Waals surface area contributed by atoms with Crippen molar-refractivity contribution in [1.82, 2.24) is 10.3 Å². The van der Waals surface area contributed by atoms with Crippen molar-refractivity contribution in [2.45, 2.75) is 6.10 Å². The molecule has 0 bridgehead atoms. The van der Waals surface area contributed by atoms with Gasteiger partial charge in [0.05, 0.1) is 33.6 Å². The van der Waals surface area contributed by atoms with Crippen LogP contribution in [0.15, 0.2) is 60.8 Å². The van der Waals surface area contributed by atoms with Gasteiger partial charge in [0.25, 0.3) is 5.91 Å². The number of nitrogens with zero attached hydrogens (tertiary/aromatic N) is 5. The number of carbonyl (C=O) groups excluding carboxylic acids is 2. The third kappa shape index (κ3) is 5.69. The van der Waals surface area contributed by atoms with Gasteiger partial charge in [-0.25, -0.2) is 9.78 Å². The molecule has 0 spiro atoms. The largest absolute Gasteiger partial charge is 0.442 e. The Hall–Kier alpha value is -4.09. The summed E-state index contributed by atoms with van der Waals surface area (Å²) in [6.07, 6.45) is 0.526. The fourth-order valence-corrected chi connectivity index (χ4v) is 5.21. The van der Waals surface area contributed by atoms with Crippen molar-refractivity contribution in [3.8, 4) is 0 Å². The summed E-state index contributed by atoms with van der Waals surface area (Å²) >= 11 is 12.2. The molecule has 3 aromatic rings. The summed E-state index contributed by atoms with van der Waals surface area (Å²) in [5.74, 6) is -0.0621. The lowest BCUT2D eigenvalue weighted by Gasteiger charge is -2.36. The standard InChI is InChI=1S/C26H24Cl2N6O5/c27-20-3-1-4-21(28)23(20)25(35)30-15-19-16-33(26(36)39-19)18-8-6-17(7-9-18)31-11-13-32(14-12-31)24-22(34(37)38)5-2-10-29-24/h1-10,19H,11-16H2,(H,30,35). The topological polar surface area (TPSA) is 121 Å². The van der Waals surface area contributed by atoms with E-state index in [9.17, 15) is 19.7 Å². The average Bonchev–Trinajstić information content (AvgIpc) is 3.32.